The number of hydrogen-bond donors (Lipinski definition) is 0. The van der Waals surface area contributed by atoms with Crippen molar-refractivity contribution in [2.24, 2.45) is 11.8 Å². The predicted octanol–water partition coefficient (Wildman–Crippen LogP) is 4.71. The van der Waals surface area contributed by atoms with Crippen LogP contribution in [0.15, 0.2) is 30.3 Å². The summed E-state index contributed by atoms with van der Waals surface area (Å²) in [5.74, 6) is 2.10. The van der Waals surface area contributed by atoms with Gasteiger partial charge in [-0.1, -0.05) is 44.2 Å². The first-order chi connectivity index (χ1) is 8.56. The number of rotatable bonds is 2. The average molecular weight is 282 g/mol. The van der Waals surface area contributed by atoms with Gasteiger partial charge in [0.1, 0.15) is 0 Å². The predicted molar refractivity (Wildman–Crippen MR) is 85.9 cm³/mol. The molecular formula is C17H28ClN. The molecule has 1 aromatic carbocycles. The lowest BCUT2D eigenvalue weighted by Crippen LogP contribution is -2.46. The van der Waals surface area contributed by atoms with E-state index in [0.29, 0.717) is 5.54 Å². The van der Waals surface area contributed by atoms with Crippen molar-refractivity contribution in [1.82, 2.24) is 4.90 Å². The van der Waals surface area contributed by atoms with Crippen LogP contribution in [0, 0.1) is 11.8 Å². The van der Waals surface area contributed by atoms with Crippen LogP contribution in [0.5, 0.6) is 0 Å². The highest BCUT2D eigenvalue weighted by Crippen LogP contribution is 2.44. The summed E-state index contributed by atoms with van der Waals surface area (Å²) >= 11 is 0. The van der Waals surface area contributed by atoms with E-state index in [1.54, 1.807) is 0 Å². The van der Waals surface area contributed by atoms with Crippen molar-refractivity contribution in [3.8, 4) is 0 Å². The summed E-state index contributed by atoms with van der Waals surface area (Å²) in [7, 11) is 4.37. The number of hydrogen-bond acceptors (Lipinski definition) is 1. The maximum Gasteiger partial charge on any atom is 0.0454 e. The zero-order valence-corrected chi connectivity index (χ0v) is 13.5. The summed E-state index contributed by atoms with van der Waals surface area (Å²) < 4.78 is 0. The van der Waals surface area contributed by atoms with Gasteiger partial charge < -0.3 is 0 Å². The molecule has 3 rings (SSSR count). The van der Waals surface area contributed by atoms with Crippen LogP contribution >= 0.6 is 12.4 Å². The van der Waals surface area contributed by atoms with Gasteiger partial charge in [0.25, 0.3) is 0 Å². The summed E-state index contributed by atoms with van der Waals surface area (Å²) in [5.41, 5.74) is 1.83. The first kappa shape index (κ1) is 16.5. The Hall–Kier alpha value is -0.530. The fourth-order valence-corrected chi connectivity index (χ4v) is 2.76. The molecule has 0 saturated heterocycles. The lowest BCUT2D eigenvalue weighted by Gasteiger charge is -2.47. The molecule has 0 radical (unpaired) electrons. The first-order valence-electron chi connectivity index (χ1n) is 7.29. The molecule has 2 unspecified atom stereocenters. The second-order valence-electron chi connectivity index (χ2n) is 6.34. The molecule has 0 amide bonds. The Kier molecular flexibility index (Phi) is 5.88. The van der Waals surface area contributed by atoms with Crippen molar-refractivity contribution >= 4 is 12.4 Å². The minimum absolute atomic E-state index is 0. The smallest absolute Gasteiger partial charge is 0.0454 e. The lowest BCUT2D eigenvalue weighted by molar-refractivity contribution is 0.0577. The molecule has 0 heterocycles. The van der Waals surface area contributed by atoms with E-state index in [2.05, 4.69) is 63.2 Å². The highest BCUT2D eigenvalue weighted by molar-refractivity contribution is 5.85. The fourth-order valence-electron chi connectivity index (χ4n) is 2.76. The molecule has 2 aliphatic carbocycles. The van der Waals surface area contributed by atoms with E-state index in [0.717, 1.165) is 11.8 Å². The quantitative estimate of drug-likeness (QED) is 0.759. The van der Waals surface area contributed by atoms with E-state index < -0.39 is 0 Å². The van der Waals surface area contributed by atoms with Crippen LogP contribution in [-0.2, 0) is 5.54 Å². The topological polar surface area (TPSA) is 3.24 Å². The Morgan fingerprint density at radius 1 is 1.00 bits per heavy atom. The minimum Gasteiger partial charge on any atom is -0.300 e. The maximum atomic E-state index is 2.37. The summed E-state index contributed by atoms with van der Waals surface area (Å²) in [6, 6.07) is 10.9. The Balaban J connectivity index is 0.000000256. The molecule has 2 heteroatoms. The van der Waals surface area contributed by atoms with Gasteiger partial charge in [0.2, 0.25) is 0 Å². The third-order valence-electron chi connectivity index (χ3n) is 4.86. The third-order valence-corrected chi connectivity index (χ3v) is 4.86. The van der Waals surface area contributed by atoms with E-state index in [4.69, 9.17) is 0 Å². The Morgan fingerprint density at radius 2 is 1.47 bits per heavy atom. The number of nitrogens with zero attached hydrogens (tertiary/aromatic N) is 1. The largest absolute Gasteiger partial charge is 0.300 e. The molecule has 2 atom stereocenters. The molecule has 2 aliphatic rings. The molecule has 0 spiro atoms. The molecule has 2 fully saturated rings. The Bertz CT molecular complexity index is 364. The standard InChI is InChI=1S/C12H17N.C5H10.ClH/c1-13(2)12(9-6-10-12)11-7-4-3-5-8-11;1-4-3-5(4)2;/h3-5,7-8H,6,9-10H2,1-2H3;4-5H,3H2,1-2H3;1H. The second kappa shape index (κ2) is 6.76. The van der Waals surface area contributed by atoms with Crippen molar-refractivity contribution in [1.29, 1.82) is 0 Å². The van der Waals surface area contributed by atoms with E-state index in [9.17, 15) is 0 Å². The lowest BCUT2D eigenvalue weighted by atomic mass is 9.71. The van der Waals surface area contributed by atoms with Gasteiger partial charge in [-0.25, -0.2) is 0 Å². The molecule has 1 nitrogen and oxygen atoms in total. The summed E-state index contributed by atoms with van der Waals surface area (Å²) in [6.07, 6.45) is 5.46. The van der Waals surface area contributed by atoms with Crippen LogP contribution in [0.2, 0.25) is 0 Å². The normalized spacial score (nSPS) is 26.6. The van der Waals surface area contributed by atoms with Gasteiger partial charge in [-0.15, -0.1) is 12.4 Å². The third kappa shape index (κ3) is 3.73. The van der Waals surface area contributed by atoms with Gasteiger partial charge in [0, 0.05) is 5.54 Å². The van der Waals surface area contributed by atoms with E-state index in [1.807, 2.05) is 0 Å². The zero-order valence-electron chi connectivity index (χ0n) is 12.7. The zero-order chi connectivity index (χ0) is 13.2. The Labute approximate surface area is 124 Å². The first-order valence-corrected chi connectivity index (χ1v) is 7.29. The van der Waals surface area contributed by atoms with Gasteiger partial charge in [-0.05, 0) is 57.2 Å². The van der Waals surface area contributed by atoms with Gasteiger partial charge in [0.05, 0.1) is 0 Å². The second-order valence-corrected chi connectivity index (χ2v) is 6.34. The molecule has 0 bridgehead atoms. The van der Waals surface area contributed by atoms with Gasteiger partial charge in [-0.2, -0.15) is 0 Å². The van der Waals surface area contributed by atoms with E-state index in [1.165, 1.54) is 31.2 Å². The molecule has 2 saturated carbocycles. The summed E-state index contributed by atoms with van der Waals surface area (Å²) in [4.78, 5) is 2.37. The maximum absolute atomic E-state index is 2.37. The molecule has 0 aromatic heterocycles. The Morgan fingerprint density at radius 3 is 1.74 bits per heavy atom. The van der Waals surface area contributed by atoms with Crippen LogP contribution in [-0.4, -0.2) is 19.0 Å². The van der Waals surface area contributed by atoms with Crippen molar-refractivity contribution in [3.63, 3.8) is 0 Å². The van der Waals surface area contributed by atoms with Crippen LogP contribution in [0.25, 0.3) is 0 Å². The van der Waals surface area contributed by atoms with Crippen molar-refractivity contribution in [2.45, 2.75) is 45.1 Å². The molecule has 19 heavy (non-hydrogen) atoms. The van der Waals surface area contributed by atoms with Gasteiger partial charge in [-0.3, -0.25) is 4.90 Å². The molecule has 1 aromatic rings. The highest BCUT2D eigenvalue weighted by Gasteiger charge is 2.40. The fraction of sp³-hybridized carbons (Fsp3) is 0.647. The summed E-state index contributed by atoms with van der Waals surface area (Å²) in [6.45, 7) is 4.59. The monoisotopic (exact) mass is 281 g/mol. The van der Waals surface area contributed by atoms with Crippen LogP contribution in [0.3, 0.4) is 0 Å². The van der Waals surface area contributed by atoms with Crippen molar-refractivity contribution in [2.75, 3.05) is 14.1 Å². The van der Waals surface area contributed by atoms with Crippen LogP contribution < -0.4 is 0 Å². The van der Waals surface area contributed by atoms with Crippen molar-refractivity contribution < 1.29 is 0 Å². The number of benzene rings is 1. The highest BCUT2D eigenvalue weighted by atomic mass is 35.5. The van der Waals surface area contributed by atoms with Gasteiger partial charge in [0.15, 0.2) is 0 Å². The number of halogens is 1. The molecule has 108 valence electrons. The van der Waals surface area contributed by atoms with Crippen molar-refractivity contribution in [3.05, 3.63) is 35.9 Å². The van der Waals surface area contributed by atoms with E-state index in [-0.39, 0.29) is 12.4 Å². The molecule has 0 aliphatic heterocycles. The van der Waals surface area contributed by atoms with Gasteiger partial charge >= 0.3 is 0 Å². The minimum atomic E-state index is 0. The van der Waals surface area contributed by atoms with Crippen LogP contribution in [0.1, 0.15) is 45.1 Å². The van der Waals surface area contributed by atoms with E-state index >= 15 is 0 Å². The SMILES string of the molecule is CC1CC1C.CN(C)C1(c2ccccc2)CCC1.Cl. The summed E-state index contributed by atoms with van der Waals surface area (Å²) in [5, 5.41) is 0. The van der Waals surface area contributed by atoms with Crippen LogP contribution in [0.4, 0.5) is 0 Å². The average Bonchev–Trinajstić information content (AvgIpc) is 2.92. The molecular weight excluding hydrogens is 254 g/mol. The molecule has 0 N–H and O–H groups in total.